The maximum absolute atomic E-state index is 12.4. The number of carbonyl (C=O) groups excluding carboxylic acids is 1. The van der Waals surface area contributed by atoms with Crippen molar-refractivity contribution in [3.63, 3.8) is 0 Å². The lowest BCUT2D eigenvalue weighted by Crippen LogP contribution is -2.44. The quantitative estimate of drug-likeness (QED) is 0.482. The van der Waals surface area contributed by atoms with Gasteiger partial charge in [-0.3, -0.25) is 4.79 Å². The Kier molecular flexibility index (Phi) is 6.91. The molecular formula is C24H34NOS+. The van der Waals surface area contributed by atoms with Crippen molar-refractivity contribution < 1.29 is 9.36 Å². The van der Waals surface area contributed by atoms with Crippen LogP contribution in [-0.4, -0.2) is 11.5 Å². The van der Waals surface area contributed by atoms with E-state index in [1.165, 1.54) is 16.0 Å². The van der Waals surface area contributed by atoms with Gasteiger partial charge in [0.1, 0.15) is 0 Å². The van der Waals surface area contributed by atoms with Gasteiger partial charge in [-0.1, -0.05) is 53.7 Å². The standard InChI is InChI=1S/C24H34NOS/c1-18-8-9-19(16-25(18)17-22(26)24(5,6)7)14-15-27-21-12-10-20(11-13-21)23(2,3)4/h8-13,16H,14-15,17H2,1-7H3/q+1. The molecule has 0 atom stereocenters. The Bertz CT molecular complexity index is 780. The van der Waals surface area contributed by atoms with Crippen molar-refractivity contribution in [1.29, 1.82) is 0 Å². The van der Waals surface area contributed by atoms with Crippen molar-refractivity contribution in [1.82, 2.24) is 0 Å². The first-order valence-electron chi connectivity index (χ1n) is 9.72. The summed E-state index contributed by atoms with van der Waals surface area (Å²) in [4.78, 5) is 13.7. The number of nitrogens with zero attached hydrogens (tertiary/aromatic N) is 1. The zero-order valence-electron chi connectivity index (χ0n) is 17.9. The Morgan fingerprint density at radius 1 is 0.963 bits per heavy atom. The van der Waals surface area contributed by atoms with E-state index >= 15 is 0 Å². The van der Waals surface area contributed by atoms with E-state index < -0.39 is 0 Å². The number of pyridine rings is 1. The fourth-order valence-electron chi connectivity index (χ4n) is 2.72. The highest BCUT2D eigenvalue weighted by molar-refractivity contribution is 7.99. The highest BCUT2D eigenvalue weighted by atomic mass is 32.2. The van der Waals surface area contributed by atoms with E-state index in [1.54, 1.807) is 0 Å². The first kappa shape index (κ1) is 21.7. The SMILES string of the molecule is Cc1ccc(CCSc2ccc(C(C)(C)C)cc2)c[n+]1CC(=O)C(C)(C)C. The summed E-state index contributed by atoms with van der Waals surface area (Å²) in [5, 5.41) is 0. The van der Waals surface area contributed by atoms with Crippen molar-refractivity contribution in [3.8, 4) is 0 Å². The maximum atomic E-state index is 12.4. The molecule has 2 rings (SSSR count). The Hall–Kier alpha value is -1.61. The van der Waals surface area contributed by atoms with Crippen LogP contribution in [0.15, 0.2) is 47.5 Å². The monoisotopic (exact) mass is 384 g/mol. The van der Waals surface area contributed by atoms with Gasteiger partial charge in [-0.25, -0.2) is 0 Å². The summed E-state index contributed by atoms with van der Waals surface area (Å²) in [6.45, 7) is 15.2. The van der Waals surface area contributed by atoms with Gasteiger partial charge in [0.05, 0.1) is 0 Å². The predicted octanol–water partition coefficient (Wildman–Crippen LogP) is 5.53. The first-order chi connectivity index (χ1) is 12.5. The average molecular weight is 385 g/mol. The maximum Gasteiger partial charge on any atom is 0.207 e. The number of Topliss-reactive ketones (excluding diaryl/α,β-unsaturated/α-hetero) is 1. The summed E-state index contributed by atoms with van der Waals surface area (Å²) >= 11 is 1.89. The Morgan fingerprint density at radius 3 is 2.15 bits per heavy atom. The molecule has 3 heteroatoms. The molecule has 0 amide bonds. The number of aromatic nitrogens is 1. The van der Waals surface area contributed by atoms with Crippen molar-refractivity contribution >= 4 is 17.5 Å². The van der Waals surface area contributed by atoms with E-state index in [9.17, 15) is 4.79 Å². The predicted molar refractivity (Wildman–Crippen MR) is 115 cm³/mol. The van der Waals surface area contributed by atoms with Crippen molar-refractivity contribution in [2.75, 3.05) is 5.75 Å². The van der Waals surface area contributed by atoms with Gasteiger partial charge in [0.2, 0.25) is 12.3 Å². The molecule has 0 unspecified atom stereocenters. The van der Waals surface area contributed by atoms with E-state index in [4.69, 9.17) is 0 Å². The summed E-state index contributed by atoms with van der Waals surface area (Å²) in [6, 6.07) is 13.2. The molecule has 0 saturated heterocycles. The number of aryl methyl sites for hydroxylation is 2. The number of benzene rings is 1. The van der Waals surface area contributed by atoms with Crippen LogP contribution in [0, 0.1) is 12.3 Å². The first-order valence-corrected chi connectivity index (χ1v) is 10.7. The molecule has 1 aromatic carbocycles. The van der Waals surface area contributed by atoms with E-state index in [1.807, 2.05) is 32.5 Å². The van der Waals surface area contributed by atoms with Crippen LogP contribution in [0.25, 0.3) is 0 Å². The minimum Gasteiger partial charge on any atom is -0.292 e. The minimum atomic E-state index is -0.301. The molecule has 1 aromatic heterocycles. The third-order valence-corrected chi connectivity index (χ3v) is 5.86. The van der Waals surface area contributed by atoms with Gasteiger partial charge in [0, 0.05) is 34.6 Å². The fraction of sp³-hybridized carbons (Fsp3) is 0.500. The van der Waals surface area contributed by atoms with Crippen molar-refractivity contribution in [2.24, 2.45) is 5.41 Å². The zero-order chi connectivity index (χ0) is 20.2. The van der Waals surface area contributed by atoms with Crippen LogP contribution < -0.4 is 4.57 Å². The lowest BCUT2D eigenvalue weighted by Gasteiger charge is -2.19. The molecule has 0 fully saturated rings. The Labute approximate surface area is 169 Å². The molecule has 2 aromatic rings. The third-order valence-electron chi connectivity index (χ3n) is 4.84. The molecule has 1 heterocycles. The van der Waals surface area contributed by atoms with Gasteiger partial charge in [-0.15, -0.1) is 11.8 Å². The summed E-state index contributed by atoms with van der Waals surface area (Å²) < 4.78 is 2.09. The topological polar surface area (TPSA) is 20.9 Å². The average Bonchev–Trinajstić information content (AvgIpc) is 2.56. The lowest BCUT2D eigenvalue weighted by atomic mass is 9.87. The Balaban J connectivity index is 1.96. The number of thioether (sulfide) groups is 1. The van der Waals surface area contributed by atoms with Crippen LogP contribution in [0.1, 0.15) is 58.4 Å². The van der Waals surface area contributed by atoms with Crippen LogP contribution in [0.2, 0.25) is 0 Å². The minimum absolute atomic E-state index is 0.198. The largest absolute Gasteiger partial charge is 0.292 e. The second-order valence-corrected chi connectivity index (χ2v) is 10.5. The zero-order valence-corrected chi connectivity index (χ0v) is 18.7. The smallest absolute Gasteiger partial charge is 0.207 e. The van der Waals surface area contributed by atoms with E-state index in [-0.39, 0.29) is 16.6 Å². The van der Waals surface area contributed by atoms with E-state index in [0.717, 1.165) is 17.9 Å². The molecular weight excluding hydrogens is 350 g/mol. The van der Waals surface area contributed by atoms with Crippen molar-refractivity contribution in [3.05, 3.63) is 59.4 Å². The number of carbonyl (C=O) groups is 1. The molecule has 0 aliphatic heterocycles. The summed E-state index contributed by atoms with van der Waals surface area (Å²) in [5.74, 6) is 1.30. The lowest BCUT2D eigenvalue weighted by molar-refractivity contribution is -0.691. The highest BCUT2D eigenvalue weighted by Crippen LogP contribution is 2.26. The summed E-state index contributed by atoms with van der Waals surface area (Å²) in [7, 11) is 0. The van der Waals surface area contributed by atoms with E-state index in [0.29, 0.717) is 6.54 Å². The molecule has 0 aliphatic carbocycles. The molecule has 27 heavy (non-hydrogen) atoms. The van der Waals surface area contributed by atoms with E-state index in [2.05, 4.69) is 74.9 Å². The Morgan fingerprint density at radius 2 is 1.59 bits per heavy atom. The third kappa shape index (κ3) is 6.49. The second kappa shape index (κ2) is 8.60. The van der Waals surface area contributed by atoms with Crippen LogP contribution in [0.4, 0.5) is 0 Å². The molecule has 0 bridgehead atoms. The second-order valence-electron chi connectivity index (χ2n) is 9.35. The molecule has 0 spiro atoms. The van der Waals surface area contributed by atoms with Gasteiger partial charge in [-0.05, 0) is 35.6 Å². The van der Waals surface area contributed by atoms with Gasteiger partial charge in [-0.2, -0.15) is 4.57 Å². The molecule has 0 saturated carbocycles. The fourth-order valence-corrected chi connectivity index (χ4v) is 3.62. The van der Waals surface area contributed by atoms with Crippen LogP contribution in [-0.2, 0) is 23.2 Å². The summed E-state index contributed by atoms with van der Waals surface area (Å²) in [6.07, 6.45) is 3.14. The number of hydrogen-bond donors (Lipinski definition) is 0. The van der Waals surface area contributed by atoms with Gasteiger partial charge >= 0.3 is 0 Å². The molecule has 0 N–H and O–H groups in total. The number of hydrogen-bond acceptors (Lipinski definition) is 2. The number of rotatable bonds is 6. The molecule has 146 valence electrons. The van der Waals surface area contributed by atoms with Gasteiger partial charge in [0.15, 0.2) is 11.9 Å². The molecule has 0 aliphatic rings. The van der Waals surface area contributed by atoms with Crippen LogP contribution in [0.5, 0.6) is 0 Å². The van der Waals surface area contributed by atoms with Crippen LogP contribution in [0.3, 0.4) is 0 Å². The van der Waals surface area contributed by atoms with Gasteiger partial charge < -0.3 is 0 Å². The normalized spacial score (nSPS) is 12.3. The van der Waals surface area contributed by atoms with Crippen molar-refractivity contribution in [2.45, 2.75) is 71.7 Å². The molecule has 2 nitrogen and oxygen atoms in total. The highest BCUT2D eigenvalue weighted by Gasteiger charge is 2.25. The van der Waals surface area contributed by atoms with Gasteiger partial charge in [0.25, 0.3) is 0 Å². The summed E-state index contributed by atoms with van der Waals surface area (Å²) in [5.41, 5.74) is 3.67. The van der Waals surface area contributed by atoms with Crippen LogP contribution >= 0.6 is 11.8 Å². The molecule has 0 radical (unpaired) electrons. The number of ketones is 1.